The summed E-state index contributed by atoms with van der Waals surface area (Å²) in [7, 11) is 1.49. The van der Waals surface area contributed by atoms with Crippen LogP contribution in [-0.4, -0.2) is 41.5 Å². The molecule has 0 saturated heterocycles. The Kier molecular flexibility index (Phi) is 6.88. The number of carbonyl (C=O) groups excluding carboxylic acids is 3. The van der Waals surface area contributed by atoms with Crippen molar-refractivity contribution in [3.8, 4) is 5.75 Å². The maximum absolute atomic E-state index is 12.4. The van der Waals surface area contributed by atoms with Crippen molar-refractivity contribution in [2.45, 2.75) is 0 Å². The number of aromatic nitrogens is 2. The maximum atomic E-state index is 12.4. The molecule has 0 aliphatic carbocycles. The minimum Gasteiger partial charge on any atom is -0.495 e. The third-order valence-electron chi connectivity index (χ3n) is 4.30. The zero-order chi connectivity index (χ0) is 24.0. The summed E-state index contributed by atoms with van der Waals surface area (Å²) in [6, 6.07) is 12.9. The van der Waals surface area contributed by atoms with E-state index in [0.717, 1.165) is 0 Å². The first kappa shape index (κ1) is 22.8. The number of hydrogen-bond acceptors (Lipinski definition) is 8. The number of aromatic amines is 2. The number of benzene rings is 2. The Bertz CT molecular complexity index is 1310. The molecule has 1 heterocycles. The fourth-order valence-electron chi connectivity index (χ4n) is 2.70. The summed E-state index contributed by atoms with van der Waals surface area (Å²) in [6.07, 6.45) is 0. The minimum atomic E-state index is -1.14. The number of hydrogen-bond donors (Lipinski definition) is 5. The van der Waals surface area contributed by atoms with Gasteiger partial charge in [-0.3, -0.25) is 24.4 Å². The summed E-state index contributed by atoms with van der Waals surface area (Å²) in [5.41, 5.74) is 3.62. The van der Waals surface area contributed by atoms with Gasteiger partial charge in [0.2, 0.25) is 0 Å². The first-order chi connectivity index (χ1) is 15.8. The first-order valence-corrected chi connectivity index (χ1v) is 9.42. The average molecular weight is 453 g/mol. The third kappa shape index (κ3) is 5.64. The van der Waals surface area contributed by atoms with Crippen molar-refractivity contribution in [1.29, 1.82) is 0 Å². The molecule has 0 atom stereocenters. The number of amides is 2. The Labute approximate surface area is 185 Å². The predicted molar refractivity (Wildman–Crippen MR) is 118 cm³/mol. The smallest absolute Gasteiger partial charge is 0.357 e. The van der Waals surface area contributed by atoms with Gasteiger partial charge in [0.05, 0.1) is 12.8 Å². The van der Waals surface area contributed by atoms with E-state index >= 15 is 0 Å². The number of esters is 1. The van der Waals surface area contributed by atoms with Crippen molar-refractivity contribution in [1.82, 2.24) is 9.97 Å². The highest BCUT2D eigenvalue weighted by molar-refractivity contribution is 6.05. The zero-order valence-corrected chi connectivity index (χ0v) is 17.3. The summed E-state index contributed by atoms with van der Waals surface area (Å²) in [5, 5.41) is 5.21. The van der Waals surface area contributed by atoms with Crippen LogP contribution in [0, 0.1) is 0 Å². The van der Waals surface area contributed by atoms with Crippen LogP contribution >= 0.6 is 0 Å². The number of nitrogens with two attached hydrogens (primary N) is 1. The van der Waals surface area contributed by atoms with Gasteiger partial charge in [-0.05, 0) is 36.4 Å². The molecule has 0 aliphatic rings. The normalized spacial score (nSPS) is 10.2. The number of nitrogen functional groups attached to an aromatic ring is 1. The second-order valence-electron chi connectivity index (χ2n) is 6.55. The third-order valence-corrected chi connectivity index (χ3v) is 4.30. The van der Waals surface area contributed by atoms with Crippen molar-refractivity contribution in [3.05, 3.63) is 80.6 Å². The van der Waals surface area contributed by atoms with E-state index in [-0.39, 0.29) is 5.91 Å². The van der Waals surface area contributed by atoms with Crippen molar-refractivity contribution >= 4 is 34.8 Å². The summed E-state index contributed by atoms with van der Waals surface area (Å²) in [6.45, 7) is -0.705. The molecule has 2 aromatic carbocycles. The lowest BCUT2D eigenvalue weighted by atomic mass is 10.2. The molecular weight excluding hydrogens is 434 g/mol. The average Bonchev–Trinajstić information content (AvgIpc) is 2.80. The van der Waals surface area contributed by atoms with Crippen LogP contribution in [0.3, 0.4) is 0 Å². The fraction of sp³-hybridized carbons (Fsp3) is 0.0952. The molecule has 3 aromatic rings. The van der Waals surface area contributed by atoms with Crippen LogP contribution < -0.4 is 32.4 Å². The van der Waals surface area contributed by atoms with E-state index in [1.165, 1.54) is 31.4 Å². The number of ether oxygens (including phenoxy) is 2. The molecule has 0 spiro atoms. The van der Waals surface area contributed by atoms with Gasteiger partial charge < -0.3 is 25.8 Å². The highest BCUT2D eigenvalue weighted by Gasteiger charge is 2.17. The van der Waals surface area contributed by atoms with Gasteiger partial charge in [0, 0.05) is 11.3 Å². The van der Waals surface area contributed by atoms with Crippen LogP contribution in [0.4, 0.5) is 17.1 Å². The summed E-state index contributed by atoms with van der Waals surface area (Å²) < 4.78 is 9.96. The molecule has 0 radical (unpaired) electrons. The molecule has 170 valence electrons. The largest absolute Gasteiger partial charge is 0.495 e. The topological polar surface area (TPSA) is 185 Å². The number of H-pyrrole nitrogens is 2. The van der Waals surface area contributed by atoms with E-state index in [9.17, 15) is 24.0 Å². The van der Waals surface area contributed by atoms with Crippen molar-refractivity contribution in [3.63, 3.8) is 0 Å². The molecule has 12 heteroatoms. The molecule has 3 rings (SSSR count). The van der Waals surface area contributed by atoms with Gasteiger partial charge in [0.25, 0.3) is 17.4 Å². The lowest BCUT2D eigenvalue weighted by Gasteiger charge is -2.10. The van der Waals surface area contributed by atoms with Gasteiger partial charge in [-0.2, -0.15) is 0 Å². The molecule has 1 aromatic heterocycles. The van der Waals surface area contributed by atoms with Crippen molar-refractivity contribution in [2.75, 3.05) is 30.1 Å². The number of methoxy groups -OCH3 is 1. The van der Waals surface area contributed by atoms with Crippen LogP contribution in [0.5, 0.6) is 5.75 Å². The molecule has 0 bridgehead atoms. The molecule has 0 saturated carbocycles. The van der Waals surface area contributed by atoms with E-state index < -0.39 is 41.1 Å². The fourth-order valence-corrected chi connectivity index (χ4v) is 2.70. The van der Waals surface area contributed by atoms with Crippen LogP contribution in [-0.2, 0) is 9.53 Å². The Balaban J connectivity index is 1.57. The number of anilines is 3. The van der Waals surface area contributed by atoms with Crippen LogP contribution in [0.2, 0.25) is 0 Å². The second kappa shape index (κ2) is 9.96. The van der Waals surface area contributed by atoms with Crippen molar-refractivity contribution in [2.24, 2.45) is 0 Å². The van der Waals surface area contributed by atoms with Crippen LogP contribution in [0.25, 0.3) is 0 Å². The summed E-state index contributed by atoms with van der Waals surface area (Å²) >= 11 is 0. The van der Waals surface area contributed by atoms with E-state index in [2.05, 4.69) is 10.6 Å². The van der Waals surface area contributed by atoms with Crippen LogP contribution in [0.15, 0.2) is 58.1 Å². The Morgan fingerprint density at radius 2 is 1.67 bits per heavy atom. The van der Waals surface area contributed by atoms with E-state index in [1.807, 2.05) is 9.97 Å². The molecule has 0 aliphatic heterocycles. The lowest BCUT2D eigenvalue weighted by Crippen LogP contribution is -2.30. The van der Waals surface area contributed by atoms with Gasteiger partial charge in [0.15, 0.2) is 12.3 Å². The predicted octanol–water partition coefficient (Wildman–Crippen LogP) is 0.702. The minimum absolute atomic E-state index is 0.332. The van der Waals surface area contributed by atoms with E-state index in [1.54, 1.807) is 24.3 Å². The first-order valence-electron chi connectivity index (χ1n) is 9.42. The van der Waals surface area contributed by atoms with Crippen LogP contribution in [0.1, 0.15) is 20.8 Å². The number of para-hydroxylation sites is 2. The van der Waals surface area contributed by atoms with Gasteiger partial charge in [0.1, 0.15) is 11.4 Å². The number of carbonyl (C=O) groups is 3. The number of rotatable bonds is 7. The Morgan fingerprint density at radius 3 is 2.36 bits per heavy atom. The van der Waals surface area contributed by atoms with Gasteiger partial charge in [-0.1, -0.05) is 12.1 Å². The monoisotopic (exact) mass is 453 g/mol. The second-order valence-corrected chi connectivity index (χ2v) is 6.55. The summed E-state index contributed by atoms with van der Waals surface area (Å²) in [4.78, 5) is 63.1. The standard InChI is InChI=1S/C21H19N5O7/c1-32-14-5-3-2-4-13(14)24-18(28)11-6-8-12(9-7-11)23-15(27)10-33-20(30)17-16(22)19(29)26-21(31)25-17/h2-9H,10,22H2,1H3,(H,23,27)(H,24,28)(H2,25,26,29,31). The maximum Gasteiger partial charge on any atom is 0.357 e. The highest BCUT2D eigenvalue weighted by Crippen LogP contribution is 2.23. The molecule has 0 fully saturated rings. The lowest BCUT2D eigenvalue weighted by molar-refractivity contribution is -0.119. The molecule has 12 nitrogen and oxygen atoms in total. The molecular formula is C21H19N5O7. The Hall–Kier alpha value is -4.87. The molecule has 6 N–H and O–H groups in total. The molecule has 33 heavy (non-hydrogen) atoms. The van der Waals surface area contributed by atoms with Gasteiger partial charge in [-0.15, -0.1) is 0 Å². The van der Waals surface area contributed by atoms with Gasteiger partial charge in [-0.25, -0.2) is 9.59 Å². The molecule has 0 unspecified atom stereocenters. The quantitative estimate of drug-likeness (QED) is 0.324. The summed E-state index contributed by atoms with van der Waals surface area (Å²) in [5.74, 6) is -1.71. The van der Waals surface area contributed by atoms with Crippen molar-refractivity contribution < 1.29 is 23.9 Å². The van der Waals surface area contributed by atoms with Gasteiger partial charge >= 0.3 is 11.7 Å². The van der Waals surface area contributed by atoms with E-state index in [0.29, 0.717) is 22.7 Å². The highest BCUT2D eigenvalue weighted by atomic mass is 16.5. The Morgan fingerprint density at radius 1 is 0.970 bits per heavy atom. The number of nitrogens with one attached hydrogen (secondary N) is 4. The SMILES string of the molecule is COc1ccccc1NC(=O)c1ccc(NC(=O)COC(=O)c2[nH]c(=O)[nH]c(=O)c2N)cc1. The zero-order valence-electron chi connectivity index (χ0n) is 17.3. The molecule has 2 amide bonds. The van der Waals surface area contributed by atoms with E-state index in [4.69, 9.17) is 15.2 Å².